The van der Waals surface area contributed by atoms with Crippen LogP contribution in [0.3, 0.4) is 0 Å². The summed E-state index contributed by atoms with van der Waals surface area (Å²) in [5.41, 5.74) is 1.84. The first-order valence-electron chi connectivity index (χ1n) is 6.36. The van der Waals surface area contributed by atoms with E-state index in [1.54, 1.807) is 7.11 Å². The second-order valence-electron chi connectivity index (χ2n) is 4.66. The van der Waals surface area contributed by atoms with Crippen LogP contribution in [-0.2, 0) is 21.5 Å². The van der Waals surface area contributed by atoms with E-state index < -0.39 is 0 Å². The SMILES string of the molecule is CCc1c(C)[nH]c(C2(OC)CCOCC2)nc1=S. The smallest absolute Gasteiger partial charge is 0.140 e. The molecule has 1 fully saturated rings. The van der Waals surface area contributed by atoms with Crippen molar-refractivity contribution in [3.05, 3.63) is 21.7 Å². The minimum absolute atomic E-state index is 0.372. The van der Waals surface area contributed by atoms with Crippen LogP contribution in [0.15, 0.2) is 0 Å². The number of H-pyrrole nitrogens is 1. The predicted octanol–water partition coefficient (Wildman–Crippen LogP) is 2.66. The lowest BCUT2D eigenvalue weighted by Crippen LogP contribution is -2.37. The van der Waals surface area contributed by atoms with Crippen LogP contribution in [0.1, 0.15) is 36.8 Å². The predicted molar refractivity (Wildman–Crippen MR) is 72.3 cm³/mol. The first-order chi connectivity index (χ1) is 8.63. The van der Waals surface area contributed by atoms with Crippen molar-refractivity contribution in [2.75, 3.05) is 20.3 Å². The molecule has 1 aliphatic rings. The molecule has 0 spiro atoms. The maximum Gasteiger partial charge on any atom is 0.140 e. The first-order valence-corrected chi connectivity index (χ1v) is 6.77. The molecule has 1 aromatic rings. The van der Waals surface area contributed by atoms with Gasteiger partial charge in [-0.25, -0.2) is 4.98 Å². The lowest BCUT2D eigenvalue weighted by Gasteiger charge is -2.35. The maximum atomic E-state index is 5.73. The molecule has 18 heavy (non-hydrogen) atoms. The first kappa shape index (κ1) is 13.6. The van der Waals surface area contributed by atoms with Crippen molar-refractivity contribution >= 4 is 12.2 Å². The minimum Gasteiger partial charge on any atom is -0.381 e. The lowest BCUT2D eigenvalue weighted by atomic mass is 9.92. The van der Waals surface area contributed by atoms with Crippen LogP contribution in [0.2, 0.25) is 0 Å². The Labute approximate surface area is 113 Å². The van der Waals surface area contributed by atoms with Crippen LogP contribution in [0.25, 0.3) is 0 Å². The number of aromatic nitrogens is 2. The Balaban J connectivity index is 2.46. The molecule has 2 rings (SSSR count). The molecule has 0 atom stereocenters. The van der Waals surface area contributed by atoms with E-state index in [9.17, 15) is 0 Å². The summed E-state index contributed by atoms with van der Waals surface area (Å²) in [6.45, 7) is 5.53. The Bertz CT molecular complexity index is 478. The van der Waals surface area contributed by atoms with Gasteiger partial charge in [-0.2, -0.15) is 0 Å². The number of hydrogen-bond acceptors (Lipinski definition) is 4. The summed E-state index contributed by atoms with van der Waals surface area (Å²) >= 11 is 5.38. The van der Waals surface area contributed by atoms with Crippen LogP contribution in [0.4, 0.5) is 0 Å². The van der Waals surface area contributed by atoms with Crippen molar-refractivity contribution in [1.29, 1.82) is 0 Å². The highest BCUT2D eigenvalue weighted by Gasteiger charge is 2.37. The molecule has 0 radical (unpaired) electrons. The van der Waals surface area contributed by atoms with Gasteiger partial charge in [0.15, 0.2) is 0 Å². The van der Waals surface area contributed by atoms with Gasteiger partial charge >= 0.3 is 0 Å². The molecule has 0 aliphatic carbocycles. The number of rotatable bonds is 3. The summed E-state index contributed by atoms with van der Waals surface area (Å²) in [6, 6.07) is 0. The highest BCUT2D eigenvalue weighted by Crippen LogP contribution is 2.33. The summed E-state index contributed by atoms with van der Waals surface area (Å²) < 4.78 is 11.8. The van der Waals surface area contributed by atoms with Gasteiger partial charge in [0.25, 0.3) is 0 Å². The van der Waals surface area contributed by atoms with Gasteiger partial charge in [-0.1, -0.05) is 19.1 Å². The summed E-state index contributed by atoms with van der Waals surface area (Å²) in [6.07, 6.45) is 2.52. The summed E-state index contributed by atoms with van der Waals surface area (Å²) in [4.78, 5) is 7.92. The zero-order chi connectivity index (χ0) is 13.2. The molecule has 4 nitrogen and oxygen atoms in total. The second-order valence-corrected chi connectivity index (χ2v) is 5.05. The van der Waals surface area contributed by atoms with Crippen molar-refractivity contribution in [3.63, 3.8) is 0 Å². The van der Waals surface area contributed by atoms with Gasteiger partial charge in [0.05, 0.1) is 0 Å². The van der Waals surface area contributed by atoms with Gasteiger partial charge < -0.3 is 14.5 Å². The molecule has 1 saturated heterocycles. The third-order valence-electron chi connectivity index (χ3n) is 3.71. The van der Waals surface area contributed by atoms with E-state index in [1.165, 1.54) is 0 Å². The number of ether oxygens (including phenoxy) is 2. The molecular weight excluding hydrogens is 248 g/mol. The normalized spacial score (nSPS) is 18.8. The summed E-state index contributed by atoms with van der Waals surface area (Å²) in [5.74, 6) is 0.841. The highest BCUT2D eigenvalue weighted by atomic mass is 32.1. The van der Waals surface area contributed by atoms with E-state index in [-0.39, 0.29) is 5.60 Å². The van der Waals surface area contributed by atoms with Crippen molar-refractivity contribution in [3.8, 4) is 0 Å². The maximum absolute atomic E-state index is 5.73. The fourth-order valence-electron chi connectivity index (χ4n) is 2.48. The number of nitrogens with one attached hydrogen (secondary N) is 1. The third-order valence-corrected chi connectivity index (χ3v) is 4.04. The number of nitrogens with zero attached hydrogens (tertiary/aromatic N) is 1. The molecule has 0 aromatic carbocycles. The zero-order valence-corrected chi connectivity index (χ0v) is 12.0. The average molecular weight is 268 g/mol. The highest BCUT2D eigenvalue weighted by molar-refractivity contribution is 7.71. The second kappa shape index (κ2) is 5.47. The topological polar surface area (TPSA) is 47.1 Å². The van der Waals surface area contributed by atoms with Crippen LogP contribution in [-0.4, -0.2) is 30.3 Å². The van der Waals surface area contributed by atoms with Gasteiger partial charge in [-0.3, -0.25) is 0 Å². The quantitative estimate of drug-likeness (QED) is 0.856. The molecular formula is C13H20N2O2S. The number of aryl methyl sites for hydroxylation is 1. The van der Waals surface area contributed by atoms with Crippen molar-refractivity contribution < 1.29 is 9.47 Å². The fraction of sp³-hybridized carbons (Fsp3) is 0.692. The van der Waals surface area contributed by atoms with Crippen molar-refractivity contribution in [2.24, 2.45) is 0 Å². The third kappa shape index (κ3) is 2.35. The van der Waals surface area contributed by atoms with E-state index in [0.717, 1.165) is 36.3 Å². The minimum atomic E-state index is -0.372. The molecule has 0 bridgehead atoms. The van der Waals surface area contributed by atoms with Gasteiger partial charge in [0, 0.05) is 44.4 Å². The fourth-order valence-corrected chi connectivity index (χ4v) is 2.87. The van der Waals surface area contributed by atoms with E-state index >= 15 is 0 Å². The Hall–Kier alpha value is -0.780. The molecule has 2 heterocycles. The van der Waals surface area contributed by atoms with Gasteiger partial charge in [-0.05, 0) is 13.3 Å². The molecule has 0 saturated carbocycles. The van der Waals surface area contributed by atoms with Crippen LogP contribution in [0, 0.1) is 11.6 Å². The number of methoxy groups -OCH3 is 1. The van der Waals surface area contributed by atoms with Crippen molar-refractivity contribution in [1.82, 2.24) is 9.97 Å². The number of aromatic amines is 1. The van der Waals surface area contributed by atoms with Gasteiger partial charge in [-0.15, -0.1) is 0 Å². The number of hydrogen-bond donors (Lipinski definition) is 1. The zero-order valence-electron chi connectivity index (χ0n) is 11.2. The van der Waals surface area contributed by atoms with E-state index in [0.29, 0.717) is 17.9 Å². The lowest BCUT2D eigenvalue weighted by molar-refractivity contribution is -0.100. The van der Waals surface area contributed by atoms with Gasteiger partial charge in [0.1, 0.15) is 16.1 Å². The standard InChI is InChI=1S/C13H20N2O2S/c1-4-10-9(2)14-12(15-11(10)18)13(16-3)5-7-17-8-6-13/h4-8H2,1-3H3,(H,14,15,18). The van der Waals surface area contributed by atoms with Crippen LogP contribution in [0.5, 0.6) is 0 Å². The Morgan fingerprint density at radius 1 is 1.44 bits per heavy atom. The van der Waals surface area contributed by atoms with Crippen molar-refractivity contribution in [2.45, 2.75) is 38.7 Å². The molecule has 1 aliphatic heterocycles. The monoisotopic (exact) mass is 268 g/mol. The Morgan fingerprint density at radius 3 is 2.61 bits per heavy atom. The van der Waals surface area contributed by atoms with E-state index in [2.05, 4.69) is 16.9 Å². The molecule has 0 amide bonds. The molecule has 100 valence electrons. The summed E-state index contributed by atoms with van der Waals surface area (Å²) in [5, 5.41) is 0. The van der Waals surface area contributed by atoms with Gasteiger partial charge in [0.2, 0.25) is 0 Å². The molecule has 1 N–H and O–H groups in total. The molecule has 5 heteroatoms. The summed E-state index contributed by atoms with van der Waals surface area (Å²) in [7, 11) is 1.73. The Kier molecular flexibility index (Phi) is 4.14. The van der Waals surface area contributed by atoms with E-state index in [4.69, 9.17) is 21.7 Å². The Morgan fingerprint density at radius 2 is 2.11 bits per heavy atom. The van der Waals surface area contributed by atoms with Crippen LogP contribution >= 0.6 is 12.2 Å². The largest absolute Gasteiger partial charge is 0.381 e. The molecule has 0 unspecified atom stereocenters. The average Bonchev–Trinajstić information content (AvgIpc) is 2.39. The molecule has 1 aromatic heterocycles. The van der Waals surface area contributed by atoms with Crippen LogP contribution < -0.4 is 0 Å². The van der Waals surface area contributed by atoms with E-state index in [1.807, 2.05) is 6.92 Å².